The van der Waals surface area contributed by atoms with Crippen LogP contribution in [-0.2, 0) is 10.9 Å². The molecule has 0 aliphatic carbocycles. The molecule has 0 bridgehead atoms. The number of rotatable bonds is 6. The van der Waals surface area contributed by atoms with Gasteiger partial charge in [-0.25, -0.2) is 0 Å². The minimum atomic E-state index is -4.37. The molecule has 19 heavy (non-hydrogen) atoms. The number of pyridine rings is 1. The number of halogens is 3. The number of methoxy groups -OCH3 is 1. The first-order chi connectivity index (χ1) is 8.90. The maximum atomic E-state index is 13.0. The van der Waals surface area contributed by atoms with Crippen molar-refractivity contribution < 1.29 is 17.9 Å². The van der Waals surface area contributed by atoms with Crippen molar-refractivity contribution in [2.24, 2.45) is 0 Å². The van der Waals surface area contributed by atoms with Crippen molar-refractivity contribution >= 4 is 0 Å². The lowest BCUT2D eigenvalue weighted by molar-refractivity contribution is -0.138. The van der Waals surface area contributed by atoms with Gasteiger partial charge in [-0.1, -0.05) is 6.92 Å². The fraction of sp³-hybridized carbons (Fsp3) is 0.615. The highest BCUT2D eigenvalue weighted by molar-refractivity contribution is 5.29. The summed E-state index contributed by atoms with van der Waals surface area (Å²) >= 11 is 0. The van der Waals surface area contributed by atoms with Crippen molar-refractivity contribution in [1.29, 1.82) is 0 Å². The summed E-state index contributed by atoms with van der Waals surface area (Å²) in [6.45, 7) is 4.26. The van der Waals surface area contributed by atoms with Gasteiger partial charge in [0.25, 0.3) is 0 Å². The van der Waals surface area contributed by atoms with Crippen LogP contribution in [0.4, 0.5) is 13.2 Å². The third-order valence-corrected chi connectivity index (χ3v) is 2.95. The third-order valence-electron chi connectivity index (χ3n) is 2.95. The van der Waals surface area contributed by atoms with E-state index in [1.807, 2.05) is 13.8 Å². The van der Waals surface area contributed by atoms with Crippen LogP contribution in [-0.4, -0.2) is 24.7 Å². The highest BCUT2D eigenvalue weighted by Gasteiger charge is 2.35. The maximum absolute atomic E-state index is 13.0. The van der Waals surface area contributed by atoms with Gasteiger partial charge in [-0.05, 0) is 31.5 Å². The summed E-state index contributed by atoms with van der Waals surface area (Å²) in [6, 6.07) is 0.585. The minimum absolute atomic E-state index is 0.134. The van der Waals surface area contributed by atoms with Gasteiger partial charge in [-0.3, -0.25) is 4.98 Å². The molecule has 1 N–H and O–H groups in total. The lowest BCUT2D eigenvalue weighted by atomic mass is 9.97. The molecule has 0 radical (unpaired) electrons. The van der Waals surface area contributed by atoms with Gasteiger partial charge in [-0.2, -0.15) is 13.2 Å². The topological polar surface area (TPSA) is 34.1 Å². The zero-order chi connectivity index (χ0) is 14.5. The molecule has 1 rings (SSSR count). The fourth-order valence-electron chi connectivity index (χ4n) is 1.94. The van der Waals surface area contributed by atoms with Crippen LogP contribution < -0.4 is 5.32 Å². The van der Waals surface area contributed by atoms with Crippen LogP contribution in [0.15, 0.2) is 18.5 Å². The van der Waals surface area contributed by atoms with E-state index in [0.29, 0.717) is 13.0 Å². The first-order valence-electron chi connectivity index (χ1n) is 6.17. The number of ether oxygens (including phenoxy) is 1. The van der Waals surface area contributed by atoms with Gasteiger partial charge in [-0.15, -0.1) is 0 Å². The monoisotopic (exact) mass is 276 g/mol. The summed E-state index contributed by atoms with van der Waals surface area (Å²) in [5.41, 5.74) is -0.475. The van der Waals surface area contributed by atoms with Crippen molar-refractivity contribution in [3.63, 3.8) is 0 Å². The summed E-state index contributed by atoms with van der Waals surface area (Å²) in [6.07, 6.45) is -1.61. The van der Waals surface area contributed by atoms with E-state index in [9.17, 15) is 13.2 Å². The second-order valence-corrected chi connectivity index (χ2v) is 4.35. The van der Waals surface area contributed by atoms with Gasteiger partial charge in [0.2, 0.25) is 0 Å². The SMILES string of the molecule is CCNC(CC(C)OC)c1cnccc1C(F)(F)F. The van der Waals surface area contributed by atoms with Crippen LogP contribution in [0.3, 0.4) is 0 Å². The van der Waals surface area contributed by atoms with Gasteiger partial charge in [0, 0.05) is 25.5 Å². The van der Waals surface area contributed by atoms with Gasteiger partial charge in [0.05, 0.1) is 11.7 Å². The van der Waals surface area contributed by atoms with Gasteiger partial charge in [0.1, 0.15) is 0 Å². The Morgan fingerprint density at radius 2 is 2.11 bits per heavy atom. The molecule has 0 aliphatic rings. The predicted octanol–water partition coefficient (Wildman–Crippen LogP) is 3.18. The summed E-state index contributed by atoms with van der Waals surface area (Å²) in [5.74, 6) is 0. The molecule has 0 saturated heterocycles. The average molecular weight is 276 g/mol. The number of nitrogens with one attached hydrogen (secondary N) is 1. The van der Waals surface area contributed by atoms with E-state index in [0.717, 1.165) is 12.3 Å². The smallest absolute Gasteiger partial charge is 0.382 e. The van der Waals surface area contributed by atoms with Crippen LogP contribution in [0.1, 0.15) is 37.4 Å². The molecule has 6 heteroatoms. The largest absolute Gasteiger partial charge is 0.416 e. The van der Waals surface area contributed by atoms with Crippen molar-refractivity contribution in [3.8, 4) is 0 Å². The predicted molar refractivity (Wildman–Crippen MR) is 66.7 cm³/mol. The molecular formula is C13H19F3N2O. The Morgan fingerprint density at radius 3 is 2.63 bits per heavy atom. The highest BCUT2D eigenvalue weighted by atomic mass is 19.4. The number of aromatic nitrogens is 1. The minimum Gasteiger partial charge on any atom is -0.382 e. The van der Waals surface area contributed by atoms with E-state index < -0.39 is 17.8 Å². The second-order valence-electron chi connectivity index (χ2n) is 4.35. The lowest BCUT2D eigenvalue weighted by Crippen LogP contribution is -2.27. The van der Waals surface area contributed by atoms with Crippen LogP contribution in [0.5, 0.6) is 0 Å². The van der Waals surface area contributed by atoms with Crippen LogP contribution in [0.25, 0.3) is 0 Å². The summed E-state index contributed by atoms with van der Waals surface area (Å²) in [5, 5.41) is 3.06. The molecule has 2 unspecified atom stereocenters. The average Bonchev–Trinajstić information content (AvgIpc) is 2.37. The van der Waals surface area contributed by atoms with Crippen molar-refractivity contribution in [2.75, 3.05) is 13.7 Å². The van der Waals surface area contributed by atoms with Crippen molar-refractivity contribution in [3.05, 3.63) is 29.6 Å². The van der Waals surface area contributed by atoms with Crippen molar-refractivity contribution in [2.45, 2.75) is 38.6 Å². The van der Waals surface area contributed by atoms with E-state index >= 15 is 0 Å². The molecular weight excluding hydrogens is 257 g/mol. The van der Waals surface area contributed by atoms with Crippen LogP contribution in [0.2, 0.25) is 0 Å². The molecule has 3 nitrogen and oxygen atoms in total. The molecule has 0 saturated carbocycles. The first-order valence-corrected chi connectivity index (χ1v) is 6.17. The number of hydrogen-bond acceptors (Lipinski definition) is 3. The van der Waals surface area contributed by atoms with Gasteiger partial charge >= 0.3 is 6.18 Å². The van der Waals surface area contributed by atoms with E-state index in [1.54, 1.807) is 7.11 Å². The Labute approximate surface area is 111 Å². The molecule has 0 fully saturated rings. The summed E-state index contributed by atoms with van der Waals surface area (Å²) in [4.78, 5) is 3.81. The van der Waals surface area contributed by atoms with Gasteiger partial charge < -0.3 is 10.1 Å². The highest BCUT2D eigenvalue weighted by Crippen LogP contribution is 2.35. The molecule has 0 amide bonds. The standard InChI is InChI=1S/C13H19F3N2O/c1-4-18-12(7-9(2)19-3)10-8-17-6-5-11(10)13(14,15)16/h5-6,8-9,12,18H,4,7H2,1-3H3. The van der Waals surface area contributed by atoms with Crippen molar-refractivity contribution in [1.82, 2.24) is 10.3 Å². The maximum Gasteiger partial charge on any atom is 0.416 e. The molecule has 2 atom stereocenters. The molecule has 1 heterocycles. The number of hydrogen-bond donors (Lipinski definition) is 1. The second kappa shape index (κ2) is 6.86. The Bertz CT molecular complexity index is 396. The molecule has 0 aromatic carbocycles. The zero-order valence-corrected chi connectivity index (χ0v) is 11.3. The third kappa shape index (κ3) is 4.47. The van der Waals surface area contributed by atoms with E-state index in [4.69, 9.17) is 4.74 Å². The molecule has 0 spiro atoms. The van der Waals surface area contributed by atoms with E-state index in [-0.39, 0.29) is 11.7 Å². The van der Waals surface area contributed by atoms with E-state index in [1.165, 1.54) is 6.20 Å². The quantitative estimate of drug-likeness (QED) is 0.866. The first kappa shape index (κ1) is 15.9. The molecule has 1 aromatic rings. The zero-order valence-electron chi connectivity index (χ0n) is 11.3. The molecule has 108 valence electrons. The molecule has 1 aromatic heterocycles. The normalized spacial score (nSPS) is 15.3. The van der Waals surface area contributed by atoms with E-state index in [2.05, 4.69) is 10.3 Å². The Hall–Kier alpha value is -1.14. The lowest BCUT2D eigenvalue weighted by Gasteiger charge is -2.24. The summed E-state index contributed by atoms with van der Waals surface area (Å²) < 4.78 is 44.1. The van der Waals surface area contributed by atoms with Crippen LogP contribution in [0, 0.1) is 0 Å². The Balaban J connectivity index is 3.08. The van der Waals surface area contributed by atoms with Crippen LogP contribution >= 0.6 is 0 Å². The number of nitrogens with zero attached hydrogens (tertiary/aromatic N) is 1. The Kier molecular flexibility index (Phi) is 5.75. The van der Waals surface area contributed by atoms with Gasteiger partial charge in [0.15, 0.2) is 0 Å². The molecule has 0 aliphatic heterocycles. The number of alkyl halides is 3. The Morgan fingerprint density at radius 1 is 1.42 bits per heavy atom. The summed E-state index contributed by atoms with van der Waals surface area (Å²) in [7, 11) is 1.54. The fourth-order valence-corrected chi connectivity index (χ4v) is 1.94.